The highest BCUT2D eigenvalue weighted by molar-refractivity contribution is 6.30. The Hall–Kier alpha value is -3.26. The first-order chi connectivity index (χ1) is 19.4. The number of likely N-dealkylation sites (tertiary alicyclic amines) is 1. The molecule has 8 heteroatoms. The molecule has 0 radical (unpaired) electrons. The summed E-state index contributed by atoms with van der Waals surface area (Å²) in [6.45, 7) is 5.21. The quantitative estimate of drug-likeness (QED) is 0.413. The van der Waals surface area contributed by atoms with Crippen molar-refractivity contribution < 1.29 is 9.59 Å². The number of nitrogens with zero attached hydrogens (tertiary/aromatic N) is 4. The molecule has 0 unspecified atom stereocenters. The Morgan fingerprint density at radius 2 is 1.55 bits per heavy atom. The highest BCUT2D eigenvalue weighted by Gasteiger charge is 2.35. The molecule has 208 valence electrons. The van der Waals surface area contributed by atoms with Crippen LogP contribution in [0.4, 0.5) is 0 Å². The van der Waals surface area contributed by atoms with Gasteiger partial charge in [-0.05, 0) is 41.7 Å². The van der Waals surface area contributed by atoms with Gasteiger partial charge in [0.2, 0.25) is 5.91 Å². The van der Waals surface area contributed by atoms with E-state index in [0.717, 1.165) is 38.3 Å². The number of carbonyl (C=O) groups excluding carboxylic acids is 2. The van der Waals surface area contributed by atoms with Crippen LogP contribution in [0.25, 0.3) is 0 Å². The summed E-state index contributed by atoms with van der Waals surface area (Å²) in [5.74, 6) is 0.514. The molecule has 2 bridgehead atoms. The van der Waals surface area contributed by atoms with Gasteiger partial charge in [0.15, 0.2) is 5.78 Å². The average Bonchev–Trinajstić information content (AvgIpc) is 2.96. The van der Waals surface area contributed by atoms with Crippen molar-refractivity contribution in [2.45, 2.75) is 31.3 Å². The predicted molar refractivity (Wildman–Crippen MR) is 156 cm³/mol. The third-order valence-electron chi connectivity index (χ3n) is 8.64. The van der Waals surface area contributed by atoms with Crippen LogP contribution in [0.3, 0.4) is 0 Å². The lowest BCUT2D eigenvalue weighted by atomic mass is 9.83. The average molecular weight is 559 g/mol. The van der Waals surface area contributed by atoms with E-state index in [1.807, 2.05) is 39.8 Å². The van der Waals surface area contributed by atoms with Crippen molar-refractivity contribution in [1.82, 2.24) is 19.3 Å². The number of hydrogen-bond donors (Lipinski definition) is 0. The number of pyridine rings is 1. The molecule has 0 spiro atoms. The smallest absolute Gasteiger partial charge is 0.250 e. The third kappa shape index (κ3) is 5.78. The van der Waals surface area contributed by atoms with Gasteiger partial charge in [0.25, 0.3) is 5.56 Å². The molecule has 1 aromatic heterocycles. The van der Waals surface area contributed by atoms with Crippen LogP contribution in [0.5, 0.6) is 0 Å². The van der Waals surface area contributed by atoms with E-state index in [-0.39, 0.29) is 35.6 Å². The van der Waals surface area contributed by atoms with E-state index >= 15 is 0 Å². The highest BCUT2D eigenvalue weighted by Crippen LogP contribution is 2.35. The third-order valence-corrected chi connectivity index (χ3v) is 8.89. The standard InChI is InChI=1S/C32H35ClN4O3/c33-27-11-9-25(10-12-27)32(24-5-2-1-3-6-24)36-15-13-35(14-16-36)31(40)18-28(38)22-34-19-23-17-26(21-34)29-7-4-8-30(39)37(29)20-23/h1-12,23,26,32H,13-22H2/t23-,26+,32-/m0/s1. The lowest BCUT2D eigenvalue weighted by molar-refractivity contribution is -0.137. The molecule has 2 saturated heterocycles. The van der Waals surface area contributed by atoms with Crippen LogP contribution in [0.15, 0.2) is 77.6 Å². The summed E-state index contributed by atoms with van der Waals surface area (Å²) in [5, 5.41) is 0.712. The van der Waals surface area contributed by atoms with Gasteiger partial charge >= 0.3 is 0 Å². The normalized spacial score (nSPS) is 22.0. The van der Waals surface area contributed by atoms with Crippen LogP contribution in [-0.4, -0.2) is 76.8 Å². The van der Waals surface area contributed by atoms with Crippen LogP contribution in [0.2, 0.25) is 5.02 Å². The molecule has 0 N–H and O–H groups in total. The molecule has 0 aliphatic carbocycles. The molecule has 0 saturated carbocycles. The van der Waals surface area contributed by atoms with Crippen LogP contribution in [0.1, 0.15) is 41.6 Å². The number of ketones is 1. The molecule has 4 heterocycles. The SMILES string of the molecule is O=C(CC(=O)N1CCN([C@@H](c2ccccc2)c2ccc(Cl)cc2)CC1)CN1C[C@@H]2C[C@H](C1)c1cccc(=O)n1C2. The molecule has 3 aliphatic heterocycles. The minimum Gasteiger partial charge on any atom is -0.340 e. The van der Waals surface area contributed by atoms with Crippen LogP contribution in [-0.2, 0) is 16.1 Å². The lowest BCUT2D eigenvalue weighted by Gasteiger charge is -2.42. The van der Waals surface area contributed by atoms with Gasteiger partial charge in [-0.1, -0.05) is 60.1 Å². The van der Waals surface area contributed by atoms with E-state index in [9.17, 15) is 14.4 Å². The van der Waals surface area contributed by atoms with Crippen LogP contribution < -0.4 is 5.56 Å². The summed E-state index contributed by atoms with van der Waals surface area (Å²) in [6, 6.07) is 24.0. The molecule has 2 aromatic carbocycles. The zero-order valence-electron chi connectivity index (χ0n) is 22.6. The van der Waals surface area contributed by atoms with Gasteiger partial charge in [-0.25, -0.2) is 0 Å². The summed E-state index contributed by atoms with van der Waals surface area (Å²) >= 11 is 6.15. The van der Waals surface area contributed by atoms with Crippen molar-refractivity contribution in [2.75, 3.05) is 45.8 Å². The Morgan fingerprint density at radius 1 is 0.825 bits per heavy atom. The van der Waals surface area contributed by atoms with E-state index < -0.39 is 0 Å². The van der Waals surface area contributed by atoms with Crippen molar-refractivity contribution >= 4 is 23.3 Å². The second-order valence-corrected chi connectivity index (χ2v) is 11.8. The number of Topliss-reactive ketones (excluding diaryl/α,β-unsaturated/α-hetero) is 1. The van der Waals surface area contributed by atoms with Crippen molar-refractivity contribution in [1.29, 1.82) is 0 Å². The Labute approximate surface area is 239 Å². The van der Waals surface area contributed by atoms with Gasteiger partial charge < -0.3 is 9.47 Å². The maximum absolute atomic E-state index is 13.1. The van der Waals surface area contributed by atoms with Gasteiger partial charge in [0, 0.05) is 68.5 Å². The molecule has 3 atom stereocenters. The first kappa shape index (κ1) is 26.9. The molecule has 1 amide bonds. The largest absolute Gasteiger partial charge is 0.340 e. The second-order valence-electron chi connectivity index (χ2n) is 11.4. The van der Waals surface area contributed by atoms with Crippen molar-refractivity contribution in [3.05, 3.63) is 105 Å². The summed E-state index contributed by atoms with van der Waals surface area (Å²) in [4.78, 5) is 44.8. The molecular formula is C32H35ClN4O3. The van der Waals surface area contributed by atoms with Crippen LogP contribution >= 0.6 is 11.6 Å². The number of rotatable bonds is 7. The number of benzene rings is 2. The minimum absolute atomic E-state index is 0.0267. The monoisotopic (exact) mass is 558 g/mol. The number of piperazine rings is 1. The van der Waals surface area contributed by atoms with Gasteiger partial charge in [-0.15, -0.1) is 0 Å². The fourth-order valence-corrected chi connectivity index (χ4v) is 6.96. The van der Waals surface area contributed by atoms with Gasteiger partial charge in [-0.3, -0.25) is 24.2 Å². The van der Waals surface area contributed by atoms with E-state index in [4.69, 9.17) is 11.6 Å². The van der Waals surface area contributed by atoms with Gasteiger partial charge in [0.05, 0.1) is 19.0 Å². The number of hydrogen-bond acceptors (Lipinski definition) is 5. The Balaban J connectivity index is 1.04. The van der Waals surface area contributed by atoms with E-state index in [0.29, 0.717) is 37.1 Å². The summed E-state index contributed by atoms with van der Waals surface area (Å²) in [6.07, 6.45) is 0.999. The first-order valence-corrected chi connectivity index (χ1v) is 14.6. The van der Waals surface area contributed by atoms with Crippen LogP contribution in [0, 0.1) is 5.92 Å². The minimum atomic E-state index is -0.0819. The molecule has 3 aliphatic rings. The topological polar surface area (TPSA) is 65.9 Å². The maximum Gasteiger partial charge on any atom is 0.250 e. The second kappa shape index (κ2) is 11.7. The molecule has 6 rings (SSSR count). The first-order valence-electron chi connectivity index (χ1n) is 14.2. The van der Waals surface area contributed by atoms with Gasteiger partial charge in [-0.2, -0.15) is 0 Å². The number of fused-ring (bicyclic) bond motifs is 4. The summed E-state index contributed by atoms with van der Waals surface area (Å²) in [5.41, 5.74) is 3.51. The van der Waals surface area contributed by atoms with Crippen molar-refractivity contribution in [3.63, 3.8) is 0 Å². The molecule has 2 fully saturated rings. The lowest BCUT2D eigenvalue weighted by Crippen LogP contribution is -2.51. The maximum atomic E-state index is 13.1. The molecule has 40 heavy (non-hydrogen) atoms. The summed E-state index contributed by atoms with van der Waals surface area (Å²) in [7, 11) is 0. The number of carbonyl (C=O) groups is 2. The number of aromatic nitrogens is 1. The summed E-state index contributed by atoms with van der Waals surface area (Å²) < 4.78 is 1.90. The zero-order valence-corrected chi connectivity index (χ0v) is 23.4. The van der Waals surface area contributed by atoms with Crippen molar-refractivity contribution in [3.8, 4) is 0 Å². The Morgan fingerprint density at radius 3 is 2.30 bits per heavy atom. The van der Waals surface area contributed by atoms with Gasteiger partial charge in [0.1, 0.15) is 0 Å². The predicted octanol–water partition coefficient (Wildman–Crippen LogP) is 3.81. The van der Waals surface area contributed by atoms with E-state index in [2.05, 4.69) is 46.2 Å². The molecular weight excluding hydrogens is 524 g/mol. The van der Waals surface area contributed by atoms with Crippen molar-refractivity contribution in [2.24, 2.45) is 5.92 Å². The number of piperidine rings is 1. The fourth-order valence-electron chi connectivity index (χ4n) is 6.83. The molecule has 3 aromatic rings. The Kier molecular flexibility index (Phi) is 7.87. The zero-order chi connectivity index (χ0) is 27.6. The Bertz CT molecular complexity index is 1420. The van der Waals surface area contributed by atoms with E-state index in [1.54, 1.807) is 6.07 Å². The highest BCUT2D eigenvalue weighted by atomic mass is 35.5. The molecule has 7 nitrogen and oxygen atoms in total. The van der Waals surface area contributed by atoms with E-state index in [1.165, 1.54) is 11.1 Å². The number of amides is 1. The fraction of sp³-hybridized carbons (Fsp3) is 0.406. The number of halogens is 1.